The lowest BCUT2D eigenvalue weighted by Crippen LogP contribution is -2.26. The van der Waals surface area contributed by atoms with Crippen molar-refractivity contribution in [1.29, 1.82) is 0 Å². The van der Waals surface area contributed by atoms with Gasteiger partial charge in [0.05, 0.1) is 13.7 Å². The Morgan fingerprint density at radius 3 is 2.27 bits per heavy atom. The maximum atomic E-state index is 11.8. The molecule has 0 bridgehead atoms. The van der Waals surface area contributed by atoms with Crippen molar-refractivity contribution in [2.24, 2.45) is 0 Å². The molecule has 2 aromatic rings. The number of hydrogen-bond acceptors (Lipinski definition) is 4. The molecule has 2 N–H and O–H groups in total. The number of rotatable bonds is 8. The van der Waals surface area contributed by atoms with Gasteiger partial charge in [-0.15, -0.1) is 0 Å². The van der Waals surface area contributed by atoms with Crippen molar-refractivity contribution in [3.8, 4) is 11.5 Å². The quantitative estimate of drug-likeness (QED) is 0.563. The van der Waals surface area contributed by atoms with Crippen LogP contribution in [0.15, 0.2) is 54.6 Å². The van der Waals surface area contributed by atoms with Crippen LogP contribution in [-0.4, -0.2) is 39.1 Å². The third-order valence-electron chi connectivity index (χ3n) is 3.56. The van der Waals surface area contributed by atoms with Gasteiger partial charge in [0, 0.05) is 18.7 Å². The zero-order valence-electron chi connectivity index (χ0n) is 14.8. The second-order valence-corrected chi connectivity index (χ2v) is 5.35. The van der Waals surface area contributed by atoms with E-state index >= 15 is 0 Å². The molecule has 0 aromatic heterocycles. The third-order valence-corrected chi connectivity index (χ3v) is 3.56. The van der Waals surface area contributed by atoms with Gasteiger partial charge < -0.3 is 20.1 Å². The average Bonchev–Trinajstić information content (AvgIpc) is 2.70. The molecule has 0 atom stereocenters. The molecule has 0 aliphatic rings. The molecule has 2 rings (SSSR count). The maximum absolute atomic E-state index is 11.8. The first kappa shape index (κ1) is 19.1. The third kappa shape index (κ3) is 5.98. The van der Waals surface area contributed by atoms with Crippen LogP contribution in [0.25, 0.3) is 6.08 Å². The van der Waals surface area contributed by atoms with Crippen LogP contribution in [0.5, 0.6) is 11.5 Å². The summed E-state index contributed by atoms with van der Waals surface area (Å²) in [6.45, 7) is 0.761. The van der Waals surface area contributed by atoms with Gasteiger partial charge in [0.25, 0.3) is 5.91 Å². The minimum atomic E-state index is -0.210. The molecule has 0 saturated heterocycles. The lowest BCUT2D eigenvalue weighted by Gasteiger charge is -2.07. The molecule has 2 amide bonds. The fourth-order valence-electron chi connectivity index (χ4n) is 2.14. The van der Waals surface area contributed by atoms with Crippen LogP contribution >= 0.6 is 0 Å². The van der Waals surface area contributed by atoms with Crippen LogP contribution in [-0.2, 0) is 4.79 Å². The fourth-order valence-corrected chi connectivity index (χ4v) is 2.14. The first-order valence-electron chi connectivity index (χ1n) is 8.17. The standard InChI is InChI=1S/C20H22N2O4/c1-21-20(24)16-6-3-15(4-7-16)5-12-19(23)22-13-14-26-18-10-8-17(25-2)9-11-18/h3-12H,13-14H2,1-2H3,(H,21,24)(H,22,23)/b12-5+. The summed E-state index contributed by atoms with van der Waals surface area (Å²) in [5.74, 6) is 1.12. The van der Waals surface area contributed by atoms with Crippen LogP contribution in [0.3, 0.4) is 0 Å². The molecule has 136 valence electrons. The Bertz CT molecular complexity index is 752. The molecule has 0 radical (unpaired) electrons. The molecule has 0 aliphatic carbocycles. The summed E-state index contributed by atoms with van der Waals surface area (Å²) in [7, 11) is 3.19. The highest BCUT2D eigenvalue weighted by atomic mass is 16.5. The summed E-state index contributed by atoms with van der Waals surface area (Å²) < 4.78 is 10.6. The summed E-state index contributed by atoms with van der Waals surface area (Å²) in [6.07, 6.45) is 3.13. The second kappa shape index (κ2) is 9.88. The normalized spacial score (nSPS) is 10.4. The van der Waals surface area contributed by atoms with Crippen molar-refractivity contribution >= 4 is 17.9 Å². The first-order chi connectivity index (χ1) is 12.6. The van der Waals surface area contributed by atoms with E-state index < -0.39 is 0 Å². The van der Waals surface area contributed by atoms with Gasteiger partial charge in [0.15, 0.2) is 0 Å². The summed E-state index contributed by atoms with van der Waals surface area (Å²) in [4.78, 5) is 23.3. The van der Waals surface area contributed by atoms with Gasteiger partial charge in [-0.05, 0) is 48.0 Å². The van der Waals surface area contributed by atoms with Gasteiger partial charge in [-0.3, -0.25) is 9.59 Å². The zero-order valence-corrected chi connectivity index (χ0v) is 14.8. The van der Waals surface area contributed by atoms with E-state index in [-0.39, 0.29) is 11.8 Å². The highest BCUT2D eigenvalue weighted by Gasteiger charge is 2.01. The minimum absolute atomic E-state index is 0.143. The SMILES string of the molecule is CNC(=O)c1ccc(/C=C/C(=O)NCCOc2ccc(OC)cc2)cc1. The molecule has 0 fully saturated rings. The van der Waals surface area contributed by atoms with Crippen molar-refractivity contribution in [3.63, 3.8) is 0 Å². The summed E-state index contributed by atoms with van der Waals surface area (Å²) in [5.41, 5.74) is 1.41. The number of methoxy groups -OCH3 is 1. The van der Waals surface area contributed by atoms with E-state index in [0.717, 1.165) is 11.3 Å². The van der Waals surface area contributed by atoms with Crippen molar-refractivity contribution in [3.05, 3.63) is 65.7 Å². The van der Waals surface area contributed by atoms with Crippen LogP contribution in [0.4, 0.5) is 0 Å². The predicted molar refractivity (Wildman–Crippen MR) is 100 cm³/mol. The molecular weight excluding hydrogens is 332 g/mol. The smallest absolute Gasteiger partial charge is 0.251 e. The van der Waals surface area contributed by atoms with E-state index in [1.807, 2.05) is 24.3 Å². The summed E-state index contributed by atoms with van der Waals surface area (Å²) in [6, 6.07) is 14.2. The highest BCUT2D eigenvalue weighted by Crippen LogP contribution is 2.16. The Kier molecular flexibility index (Phi) is 7.24. The number of amides is 2. The van der Waals surface area contributed by atoms with Gasteiger partial charge in [0.1, 0.15) is 18.1 Å². The molecule has 0 saturated carbocycles. The van der Waals surface area contributed by atoms with E-state index in [9.17, 15) is 9.59 Å². The minimum Gasteiger partial charge on any atom is -0.497 e. The van der Waals surface area contributed by atoms with E-state index in [1.165, 1.54) is 6.08 Å². The monoisotopic (exact) mass is 354 g/mol. The second-order valence-electron chi connectivity index (χ2n) is 5.35. The van der Waals surface area contributed by atoms with Gasteiger partial charge >= 0.3 is 0 Å². The Morgan fingerprint density at radius 2 is 1.65 bits per heavy atom. The molecule has 0 heterocycles. The Labute approximate surface area is 152 Å². The summed E-state index contributed by atoms with van der Waals surface area (Å²) in [5, 5.41) is 5.30. The number of carbonyl (C=O) groups excluding carboxylic acids is 2. The van der Waals surface area contributed by atoms with Crippen LogP contribution in [0.1, 0.15) is 15.9 Å². The number of hydrogen-bond donors (Lipinski definition) is 2. The largest absolute Gasteiger partial charge is 0.497 e. The topological polar surface area (TPSA) is 76.7 Å². The Morgan fingerprint density at radius 1 is 1.00 bits per heavy atom. The number of ether oxygens (including phenoxy) is 2. The van der Waals surface area contributed by atoms with Crippen LogP contribution in [0.2, 0.25) is 0 Å². The average molecular weight is 354 g/mol. The fraction of sp³-hybridized carbons (Fsp3) is 0.200. The Balaban J connectivity index is 1.72. The summed E-state index contributed by atoms with van der Waals surface area (Å²) >= 11 is 0. The number of benzene rings is 2. The molecule has 0 unspecified atom stereocenters. The Hall–Kier alpha value is -3.28. The number of nitrogens with one attached hydrogen (secondary N) is 2. The van der Waals surface area contributed by atoms with Gasteiger partial charge in [-0.2, -0.15) is 0 Å². The first-order valence-corrected chi connectivity index (χ1v) is 8.17. The van der Waals surface area contributed by atoms with Gasteiger partial charge in [-0.25, -0.2) is 0 Å². The molecule has 6 heteroatoms. The van der Waals surface area contributed by atoms with Gasteiger partial charge in [0.2, 0.25) is 5.91 Å². The maximum Gasteiger partial charge on any atom is 0.251 e. The van der Waals surface area contributed by atoms with Gasteiger partial charge in [-0.1, -0.05) is 12.1 Å². The van der Waals surface area contributed by atoms with E-state index in [4.69, 9.17) is 9.47 Å². The van der Waals surface area contributed by atoms with E-state index in [1.54, 1.807) is 44.5 Å². The predicted octanol–water partition coefficient (Wildman–Crippen LogP) is 2.26. The lowest BCUT2D eigenvalue weighted by molar-refractivity contribution is -0.116. The molecule has 6 nitrogen and oxygen atoms in total. The van der Waals surface area contributed by atoms with Crippen molar-refractivity contribution in [2.75, 3.05) is 27.3 Å². The zero-order chi connectivity index (χ0) is 18.8. The molecule has 0 spiro atoms. The molecule has 26 heavy (non-hydrogen) atoms. The molecular formula is C20H22N2O4. The molecule has 0 aliphatic heterocycles. The highest BCUT2D eigenvalue weighted by molar-refractivity contribution is 5.94. The van der Waals surface area contributed by atoms with Crippen molar-refractivity contribution < 1.29 is 19.1 Å². The van der Waals surface area contributed by atoms with Crippen molar-refractivity contribution in [1.82, 2.24) is 10.6 Å². The number of carbonyl (C=O) groups is 2. The van der Waals surface area contributed by atoms with E-state index in [0.29, 0.717) is 24.5 Å². The van der Waals surface area contributed by atoms with Crippen LogP contribution in [0, 0.1) is 0 Å². The lowest BCUT2D eigenvalue weighted by atomic mass is 10.1. The van der Waals surface area contributed by atoms with Crippen LogP contribution < -0.4 is 20.1 Å². The van der Waals surface area contributed by atoms with Crippen molar-refractivity contribution in [2.45, 2.75) is 0 Å². The van der Waals surface area contributed by atoms with E-state index in [2.05, 4.69) is 10.6 Å². The molecule has 2 aromatic carbocycles.